The van der Waals surface area contributed by atoms with E-state index in [1.54, 1.807) is 4.90 Å². The van der Waals surface area contributed by atoms with Crippen molar-refractivity contribution in [1.82, 2.24) is 5.32 Å². The Bertz CT molecular complexity index is 576. The monoisotopic (exact) mass is 306 g/mol. The molecule has 1 N–H and O–H groups in total. The highest BCUT2D eigenvalue weighted by Crippen LogP contribution is 2.30. The van der Waals surface area contributed by atoms with Crippen molar-refractivity contribution in [1.29, 1.82) is 0 Å². The molecule has 0 saturated carbocycles. The number of ether oxygens (including phenoxy) is 1. The molecule has 6 heteroatoms. The molecule has 1 unspecified atom stereocenters. The van der Waals surface area contributed by atoms with Crippen LogP contribution in [0.4, 0.5) is 10.5 Å². The third kappa shape index (κ3) is 3.00. The summed E-state index contributed by atoms with van der Waals surface area (Å²) in [7, 11) is 0. The normalized spacial score (nSPS) is 20.9. The summed E-state index contributed by atoms with van der Waals surface area (Å²) in [6, 6.07) is 6.01. The summed E-state index contributed by atoms with van der Waals surface area (Å²) in [5, 5.41) is 2.75. The van der Waals surface area contributed by atoms with Crippen LogP contribution in [0.15, 0.2) is 18.2 Å². The Kier molecular flexibility index (Phi) is 4.05. The van der Waals surface area contributed by atoms with Crippen LogP contribution >= 0.6 is 11.8 Å². The van der Waals surface area contributed by atoms with Gasteiger partial charge in [-0.3, -0.25) is 9.69 Å². The zero-order valence-electron chi connectivity index (χ0n) is 11.9. The predicted molar refractivity (Wildman–Crippen MR) is 82.6 cm³/mol. The number of aryl methyl sites for hydroxylation is 1. The van der Waals surface area contributed by atoms with Crippen LogP contribution in [0.1, 0.15) is 18.1 Å². The van der Waals surface area contributed by atoms with Gasteiger partial charge in [-0.05, 0) is 35.4 Å². The highest BCUT2D eigenvalue weighted by atomic mass is 32.2. The molecule has 0 bridgehead atoms. The van der Waals surface area contributed by atoms with Crippen molar-refractivity contribution in [2.45, 2.75) is 25.1 Å². The summed E-state index contributed by atoms with van der Waals surface area (Å²) in [5.41, 5.74) is 3.52. The molecular weight excluding hydrogens is 288 g/mol. The lowest BCUT2D eigenvalue weighted by atomic mass is 10.0. The molecule has 0 aliphatic carbocycles. The van der Waals surface area contributed by atoms with Gasteiger partial charge in [-0.2, -0.15) is 11.8 Å². The SMILES string of the molecule is CC(=O)NCC1COC(=O)N1c1ccc2c(c1)CCSC2. The van der Waals surface area contributed by atoms with E-state index in [2.05, 4.69) is 17.4 Å². The van der Waals surface area contributed by atoms with E-state index in [1.165, 1.54) is 18.1 Å². The van der Waals surface area contributed by atoms with Gasteiger partial charge in [-0.1, -0.05) is 6.07 Å². The van der Waals surface area contributed by atoms with E-state index < -0.39 is 0 Å². The highest BCUT2D eigenvalue weighted by Gasteiger charge is 2.34. The number of rotatable bonds is 3. The summed E-state index contributed by atoms with van der Waals surface area (Å²) in [5.74, 6) is 2.06. The van der Waals surface area contributed by atoms with Gasteiger partial charge in [0, 0.05) is 24.9 Å². The van der Waals surface area contributed by atoms with Gasteiger partial charge >= 0.3 is 6.09 Å². The molecule has 1 aromatic carbocycles. The molecular formula is C15H18N2O3S. The Morgan fingerprint density at radius 1 is 1.48 bits per heavy atom. The molecule has 3 rings (SSSR count). The summed E-state index contributed by atoms with van der Waals surface area (Å²) < 4.78 is 5.14. The van der Waals surface area contributed by atoms with Crippen LogP contribution in [-0.2, 0) is 21.7 Å². The molecule has 0 radical (unpaired) electrons. The van der Waals surface area contributed by atoms with Crippen LogP contribution < -0.4 is 10.2 Å². The Hall–Kier alpha value is -1.69. The van der Waals surface area contributed by atoms with Crippen LogP contribution in [0.5, 0.6) is 0 Å². The molecule has 2 aliphatic rings. The average Bonchev–Trinajstić information content (AvgIpc) is 2.85. The van der Waals surface area contributed by atoms with Gasteiger partial charge in [0.25, 0.3) is 0 Å². The number of carbonyl (C=O) groups excluding carboxylic acids is 2. The van der Waals surface area contributed by atoms with Crippen LogP contribution in [0.3, 0.4) is 0 Å². The van der Waals surface area contributed by atoms with Crippen molar-refractivity contribution in [3.63, 3.8) is 0 Å². The first-order chi connectivity index (χ1) is 10.1. The largest absolute Gasteiger partial charge is 0.447 e. The van der Waals surface area contributed by atoms with Crippen LogP contribution in [0, 0.1) is 0 Å². The molecule has 112 valence electrons. The minimum Gasteiger partial charge on any atom is -0.447 e. The highest BCUT2D eigenvalue weighted by molar-refractivity contribution is 7.98. The van der Waals surface area contributed by atoms with Crippen molar-refractivity contribution in [2.24, 2.45) is 0 Å². The molecule has 0 aromatic heterocycles. The fourth-order valence-electron chi connectivity index (χ4n) is 2.69. The third-order valence-corrected chi connectivity index (χ3v) is 4.80. The third-order valence-electron chi connectivity index (χ3n) is 3.79. The lowest BCUT2D eigenvalue weighted by molar-refractivity contribution is -0.119. The summed E-state index contributed by atoms with van der Waals surface area (Å²) in [6.07, 6.45) is 0.697. The zero-order chi connectivity index (χ0) is 14.8. The molecule has 2 aliphatic heterocycles. The summed E-state index contributed by atoms with van der Waals surface area (Å²) in [4.78, 5) is 24.7. The summed E-state index contributed by atoms with van der Waals surface area (Å²) in [6.45, 7) is 2.19. The number of hydrogen-bond acceptors (Lipinski definition) is 4. The molecule has 1 fully saturated rings. The number of cyclic esters (lactones) is 1. The number of carbonyl (C=O) groups is 2. The van der Waals surface area contributed by atoms with E-state index >= 15 is 0 Å². The quantitative estimate of drug-likeness (QED) is 0.927. The first-order valence-corrected chi connectivity index (χ1v) is 8.20. The van der Waals surface area contributed by atoms with Gasteiger partial charge in [0.05, 0.1) is 6.04 Å². The second kappa shape index (κ2) is 5.97. The molecule has 1 atom stereocenters. The topological polar surface area (TPSA) is 58.6 Å². The van der Waals surface area contributed by atoms with Crippen LogP contribution in [-0.4, -0.2) is 36.9 Å². The van der Waals surface area contributed by atoms with Gasteiger partial charge in [-0.25, -0.2) is 4.79 Å². The van der Waals surface area contributed by atoms with Crippen LogP contribution in [0.25, 0.3) is 0 Å². The maximum atomic E-state index is 12.0. The van der Waals surface area contributed by atoms with Crippen LogP contribution in [0.2, 0.25) is 0 Å². The van der Waals surface area contributed by atoms with Crippen molar-refractivity contribution >= 4 is 29.4 Å². The maximum absolute atomic E-state index is 12.0. The molecule has 0 spiro atoms. The number of fused-ring (bicyclic) bond motifs is 1. The Labute approximate surface area is 128 Å². The number of nitrogens with zero attached hydrogens (tertiary/aromatic N) is 1. The average molecular weight is 306 g/mol. The summed E-state index contributed by atoms with van der Waals surface area (Å²) >= 11 is 1.94. The number of thioether (sulfide) groups is 1. The fourth-order valence-corrected chi connectivity index (χ4v) is 3.70. The lowest BCUT2D eigenvalue weighted by Gasteiger charge is -2.24. The maximum Gasteiger partial charge on any atom is 0.414 e. The predicted octanol–water partition coefficient (Wildman–Crippen LogP) is 1.94. The van der Waals surface area contributed by atoms with Crippen molar-refractivity contribution in [3.05, 3.63) is 29.3 Å². The molecule has 2 amide bonds. The van der Waals surface area contributed by atoms with E-state index in [-0.39, 0.29) is 18.0 Å². The molecule has 1 saturated heterocycles. The minimum atomic E-state index is -0.338. The van der Waals surface area contributed by atoms with Crippen molar-refractivity contribution < 1.29 is 14.3 Å². The number of anilines is 1. The van der Waals surface area contributed by atoms with E-state index in [9.17, 15) is 9.59 Å². The zero-order valence-corrected chi connectivity index (χ0v) is 12.7. The first kappa shape index (κ1) is 14.3. The van der Waals surface area contributed by atoms with Gasteiger partial charge < -0.3 is 10.1 Å². The van der Waals surface area contributed by atoms with Crippen molar-refractivity contribution in [2.75, 3.05) is 23.8 Å². The lowest BCUT2D eigenvalue weighted by Crippen LogP contribution is -2.42. The van der Waals surface area contributed by atoms with E-state index in [0.717, 1.165) is 23.6 Å². The minimum absolute atomic E-state index is 0.100. The Morgan fingerprint density at radius 2 is 2.33 bits per heavy atom. The second-order valence-corrected chi connectivity index (χ2v) is 6.40. The van der Waals surface area contributed by atoms with E-state index in [4.69, 9.17) is 4.74 Å². The van der Waals surface area contributed by atoms with Gasteiger partial charge in [-0.15, -0.1) is 0 Å². The van der Waals surface area contributed by atoms with E-state index in [0.29, 0.717) is 13.2 Å². The van der Waals surface area contributed by atoms with Gasteiger partial charge in [0.2, 0.25) is 5.91 Å². The first-order valence-electron chi connectivity index (χ1n) is 7.05. The second-order valence-electron chi connectivity index (χ2n) is 5.29. The standard InChI is InChI=1S/C15H18N2O3S/c1-10(18)16-7-14-8-20-15(19)17(14)13-3-2-12-9-21-5-4-11(12)6-13/h2-3,6,14H,4-5,7-9H2,1H3,(H,16,18). The van der Waals surface area contributed by atoms with Gasteiger partial charge in [0.1, 0.15) is 6.61 Å². The Morgan fingerprint density at radius 3 is 3.14 bits per heavy atom. The van der Waals surface area contributed by atoms with Gasteiger partial charge in [0.15, 0.2) is 0 Å². The fraction of sp³-hybridized carbons (Fsp3) is 0.467. The number of amides is 2. The molecule has 5 nitrogen and oxygen atoms in total. The van der Waals surface area contributed by atoms with E-state index in [1.807, 2.05) is 17.8 Å². The number of hydrogen-bond donors (Lipinski definition) is 1. The number of benzene rings is 1. The number of nitrogens with one attached hydrogen (secondary N) is 1. The van der Waals surface area contributed by atoms with Crippen molar-refractivity contribution in [3.8, 4) is 0 Å². The Balaban J connectivity index is 1.82. The molecule has 2 heterocycles. The molecule has 1 aromatic rings. The molecule has 21 heavy (non-hydrogen) atoms. The smallest absolute Gasteiger partial charge is 0.414 e.